The highest BCUT2D eigenvalue weighted by Crippen LogP contribution is 2.39. The lowest BCUT2D eigenvalue weighted by Gasteiger charge is -2.41. The average molecular weight is 616 g/mol. The highest BCUT2D eigenvalue weighted by molar-refractivity contribution is 5.98. The Morgan fingerprint density at radius 3 is 2.57 bits per heavy atom. The molecule has 1 saturated heterocycles. The first-order valence-electron chi connectivity index (χ1n) is 13.9. The molecule has 1 fully saturated rings. The zero-order valence-corrected chi connectivity index (χ0v) is 25.7. The molecule has 2 aromatic carbocycles. The predicted octanol–water partition coefficient (Wildman–Crippen LogP) is 3.99. The molecule has 0 unspecified atom stereocenters. The van der Waals surface area contributed by atoms with Gasteiger partial charge in [-0.1, -0.05) is 44.2 Å². The summed E-state index contributed by atoms with van der Waals surface area (Å²) in [5.41, 5.74) is 4.79. The second-order valence-electron chi connectivity index (χ2n) is 12.0. The van der Waals surface area contributed by atoms with Crippen molar-refractivity contribution in [3.05, 3.63) is 88.5 Å². The molecule has 2 amide bonds. The van der Waals surface area contributed by atoms with Crippen LogP contribution in [0.25, 0.3) is 0 Å². The second-order valence-corrected chi connectivity index (χ2v) is 12.0. The number of piperazine rings is 1. The zero-order valence-electron chi connectivity index (χ0n) is 24.0. The molecule has 224 valence electrons. The summed E-state index contributed by atoms with van der Waals surface area (Å²) in [6, 6.07) is 16.4. The third kappa shape index (κ3) is 6.29. The van der Waals surface area contributed by atoms with Gasteiger partial charge in [0.05, 0.1) is 23.6 Å². The van der Waals surface area contributed by atoms with E-state index in [2.05, 4.69) is 41.2 Å². The van der Waals surface area contributed by atoms with Gasteiger partial charge in [-0.3, -0.25) is 14.5 Å². The van der Waals surface area contributed by atoms with Crippen LogP contribution in [0.15, 0.2) is 54.6 Å². The predicted molar refractivity (Wildman–Crippen MR) is 165 cm³/mol. The molecule has 0 bridgehead atoms. The maximum Gasteiger partial charge on any atom is 0.254 e. The molecule has 3 aliphatic heterocycles. The van der Waals surface area contributed by atoms with Crippen LogP contribution in [-0.2, 0) is 23.2 Å². The van der Waals surface area contributed by atoms with Gasteiger partial charge in [0.15, 0.2) is 0 Å². The minimum atomic E-state index is -0.323. The fourth-order valence-corrected chi connectivity index (χ4v) is 6.16. The monoisotopic (exact) mass is 614 g/mol. The first kappa shape index (κ1) is 31.8. The van der Waals surface area contributed by atoms with Gasteiger partial charge in [0, 0.05) is 62.2 Å². The van der Waals surface area contributed by atoms with Gasteiger partial charge in [0.25, 0.3) is 5.91 Å². The standard InChI is InChI=1S/C31H35FN6O2.2ClH/c1-20-15-36(25(14-33-20)17-37-16-22-6-4-5-7-26(22)30(37)40)18-28(39)38-19-31(2,3)29-27(38)13-24(34-35-29)12-21-8-10-23(32)11-9-21;;/h4-11,13,20,25,33H,12,14-19H2,1-3H3;2*1H/t20-,25-;;/m1../s1. The number of hydrogen-bond donors (Lipinski definition) is 1. The van der Waals surface area contributed by atoms with Crippen LogP contribution in [0.1, 0.15) is 53.6 Å². The average Bonchev–Trinajstić information content (AvgIpc) is 3.39. The summed E-state index contributed by atoms with van der Waals surface area (Å²) in [7, 11) is 0. The molecule has 6 rings (SSSR count). The van der Waals surface area contributed by atoms with Gasteiger partial charge in [0.2, 0.25) is 5.91 Å². The third-order valence-corrected chi connectivity index (χ3v) is 8.30. The topological polar surface area (TPSA) is 81.7 Å². The Balaban J connectivity index is 0.00000202. The molecule has 11 heteroatoms. The number of rotatable bonds is 6. The number of nitrogens with zero attached hydrogens (tertiary/aromatic N) is 5. The Morgan fingerprint density at radius 1 is 1.10 bits per heavy atom. The van der Waals surface area contributed by atoms with E-state index >= 15 is 0 Å². The summed E-state index contributed by atoms with van der Waals surface area (Å²) >= 11 is 0. The molecule has 3 aromatic rings. The van der Waals surface area contributed by atoms with Gasteiger partial charge in [-0.25, -0.2) is 4.39 Å². The number of hydrogen-bond acceptors (Lipinski definition) is 6. The summed E-state index contributed by atoms with van der Waals surface area (Å²) in [6.07, 6.45) is 0.507. The lowest BCUT2D eigenvalue weighted by atomic mass is 9.91. The van der Waals surface area contributed by atoms with E-state index in [1.54, 1.807) is 12.1 Å². The minimum Gasteiger partial charge on any atom is -0.333 e. The Morgan fingerprint density at radius 2 is 1.83 bits per heavy atom. The van der Waals surface area contributed by atoms with Crippen LogP contribution < -0.4 is 10.2 Å². The van der Waals surface area contributed by atoms with Crippen LogP contribution >= 0.6 is 24.8 Å². The summed E-state index contributed by atoms with van der Waals surface area (Å²) in [5.74, 6) is -0.202. The maximum atomic E-state index is 13.9. The molecule has 8 nitrogen and oxygen atoms in total. The highest BCUT2D eigenvalue weighted by Gasteiger charge is 2.41. The van der Waals surface area contributed by atoms with Crippen molar-refractivity contribution in [3.63, 3.8) is 0 Å². The fourth-order valence-electron chi connectivity index (χ4n) is 6.16. The number of carbonyl (C=O) groups is 2. The molecule has 2 atom stereocenters. The van der Waals surface area contributed by atoms with E-state index < -0.39 is 0 Å². The molecule has 1 N–H and O–H groups in total. The van der Waals surface area contributed by atoms with E-state index in [1.807, 2.05) is 40.1 Å². The molecule has 4 heterocycles. The van der Waals surface area contributed by atoms with E-state index in [9.17, 15) is 14.0 Å². The Hall–Kier alpha value is -3.11. The van der Waals surface area contributed by atoms with Crippen molar-refractivity contribution in [2.45, 2.75) is 51.2 Å². The van der Waals surface area contributed by atoms with E-state index in [1.165, 1.54) is 12.1 Å². The van der Waals surface area contributed by atoms with Crippen LogP contribution in [0.2, 0.25) is 0 Å². The Kier molecular flexibility index (Phi) is 9.57. The van der Waals surface area contributed by atoms with Gasteiger partial charge in [-0.15, -0.1) is 24.8 Å². The molecular formula is C31H37Cl2FN6O2. The van der Waals surface area contributed by atoms with Crippen molar-refractivity contribution >= 4 is 42.3 Å². The number of halogens is 3. The first-order chi connectivity index (χ1) is 19.2. The van der Waals surface area contributed by atoms with Gasteiger partial charge >= 0.3 is 0 Å². The van der Waals surface area contributed by atoms with Gasteiger partial charge in [-0.2, -0.15) is 10.2 Å². The summed E-state index contributed by atoms with van der Waals surface area (Å²) in [4.78, 5) is 32.9. The van der Waals surface area contributed by atoms with Crippen molar-refractivity contribution < 1.29 is 14.0 Å². The SMILES string of the molecule is C[C@@H]1CN(CC(=O)N2CC(C)(C)c3nnc(Cc4ccc(F)cc4)cc32)[C@@H](CN2Cc3ccccc3C2=O)CN1.Cl.Cl. The van der Waals surface area contributed by atoms with E-state index in [4.69, 9.17) is 0 Å². The molecule has 3 aliphatic rings. The smallest absolute Gasteiger partial charge is 0.254 e. The van der Waals surface area contributed by atoms with Crippen molar-refractivity contribution in [3.8, 4) is 0 Å². The maximum absolute atomic E-state index is 13.9. The fraction of sp³-hybridized carbons (Fsp3) is 0.419. The van der Waals surface area contributed by atoms with Crippen LogP contribution in [0.5, 0.6) is 0 Å². The molecule has 1 aromatic heterocycles. The molecule has 0 spiro atoms. The first-order valence-corrected chi connectivity index (χ1v) is 13.9. The van der Waals surface area contributed by atoms with E-state index in [-0.39, 0.29) is 66.5 Å². The van der Waals surface area contributed by atoms with Crippen molar-refractivity contribution in [1.82, 2.24) is 25.3 Å². The normalized spacial score (nSPS) is 20.9. The van der Waals surface area contributed by atoms with Crippen molar-refractivity contribution in [2.75, 3.05) is 37.6 Å². The molecule has 0 saturated carbocycles. The lowest BCUT2D eigenvalue weighted by molar-refractivity contribution is -0.120. The summed E-state index contributed by atoms with van der Waals surface area (Å²) < 4.78 is 13.4. The van der Waals surface area contributed by atoms with E-state index in [0.29, 0.717) is 32.6 Å². The number of nitrogens with one attached hydrogen (secondary N) is 1. The summed E-state index contributed by atoms with van der Waals surface area (Å²) in [5, 5.41) is 12.5. The number of amides is 2. The number of anilines is 1. The van der Waals surface area contributed by atoms with Crippen LogP contribution in [0.3, 0.4) is 0 Å². The molecular weight excluding hydrogens is 578 g/mol. The number of aromatic nitrogens is 2. The zero-order chi connectivity index (χ0) is 28.0. The van der Waals surface area contributed by atoms with Crippen LogP contribution in [0, 0.1) is 5.82 Å². The Labute approximate surface area is 258 Å². The minimum absolute atomic E-state index is 0. The second kappa shape index (κ2) is 12.6. The van der Waals surface area contributed by atoms with Crippen molar-refractivity contribution in [1.29, 1.82) is 0 Å². The van der Waals surface area contributed by atoms with Crippen LogP contribution in [-0.4, -0.2) is 76.6 Å². The quantitative estimate of drug-likeness (QED) is 0.452. The molecule has 0 radical (unpaired) electrons. The van der Waals surface area contributed by atoms with E-state index in [0.717, 1.165) is 40.3 Å². The highest BCUT2D eigenvalue weighted by atomic mass is 35.5. The number of fused-ring (bicyclic) bond motifs is 2. The summed E-state index contributed by atoms with van der Waals surface area (Å²) in [6.45, 7) is 9.68. The molecule has 0 aliphatic carbocycles. The van der Waals surface area contributed by atoms with Gasteiger partial charge in [0.1, 0.15) is 5.82 Å². The number of benzene rings is 2. The number of carbonyl (C=O) groups excluding carboxylic acids is 2. The van der Waals surface area contributed by atoms with Gasteiger partial charge in [-0.05, 0) is 42.3 Å². The van der Waals surface area contributed by atoms with Gasteiger partial charge < -0.3 is 15.1 Å². The Bertz CT molecular complexity index is 1450. The lowest BCUT2D eigenvalue weighted by Crippen LogP contribution is -2.60. The molecule has 42 heavy (non-hydrogen) atoms. The third-order valence-electron chi connectivity index (χ3n) is 8.30. The largest absolute Gasteiger partial charge is 0.333 e. The van der Waals surface area contributed by atoms with Crippen LogP contribution in [0.4, 0.5) is 10.1 Å². The van der Waals surface area contributed by atoms with Crippen molar-refractivity contribution in [2.24, 2.45) is 0 Å².